The Morgan fingerprint density at radius 3 is 2.88 bits per heavy atom. The largest absolute Gasteiger partial charge is 0.373 e. The Hall–Kier alpha value is -0.940. The van der Waals surface area contributed by atoms with Gasteiger partial charge < -0.3 is 14.6 Å². The summed E-state index contributed by atoms with van der Waals surface area (Å²) in [5, 5.41) is 7.35. The molecule has 1 aliphatic rings. The SMILES string of the molecule is CCC(OC)c1noc(CC2CCNCC2)n1. The van der Waals surface area contributed by atoms with E-state index in [9.17, 15) is 0 Å². The van der Waals surface area contributed by atoms with Crippen molar-refractivity contribution < 1.29 is 9.26 Å². The summed E-state index contributed by atoms with van der Waals surface area (Å²) >= 11 is 0. The first kappa shape index (κ1) is 12.5. The average Bonchev–Trinajstić information content (AvgIpc) is 2.81. The topological polar surface area (TPSA) is 60.2 Å². The van der Waals surface area contributed by atoms with E-state index in [0.29, 0.717) is 11.7 Å². The second kappa shape index (κ2) is 6.12. The number of hydrogen-bond acceptors (Lipinski definition) is 5. The van der Waals surface area contributed by atoms with Gasteiger partial charge in [0, 0.05) is 13.5 Å². The summed E-state index contributed by atoms with van der Waals surface area (Å²) in [4.78, 5) is 4.42. The molecule has 1 aliphatic heterocycles. The van der Waals surface area contributed by atoms with Crippen LogP contribution in [0.25, 0.3) is 0 Å². The molecule has 1 fully saturated rings. The lowest BCUT2D eigenvalue weighted by Gasteiger charge is -2.20. The highest BCUT2D eigenvalue weighted by molar-refractivity contribution is 4.92. The quantitative estimate of drug-likeness (QED) is 0.847. The zero-order valence-electron chi connectivity index (χ0n) is 10.6. The van der Waals surface area contributed by atoms with Gasteiger partial charge in [-0.15, -0.1) is 0 Å². The molecule has 0 amide bonds. The van der Waals surface area contributed by atoms with Gasteiger partial charge in [0.25, 0.3) is 0 Å². The predicted molar refractivity (Wildman–Crippen MR) is 63.6 cm³/mol. The van der Waals surface area contributed by atoms with Crippen LogP contribution in [0.5, 0.6) is 0 Å². The van der Waals surface area contributed by atoms with Gasteiger partial charge in [-0.1, -0.05) is 12.1 Å². The van der Waals surface area contributed by atoms with Crippen LogP contribution < -0.4 is 5.32 Å². The lowest BCUT2D eigenvalue weighted by molar-refractivity contribution is 0.0903. The van der Waals surface area contributed by atoms with Gasteiger partial charge in [0.1, 0.15) is 6.10 Å². The number of piperidine rings is 1. The van der Waals surface area contributed by atoms with Gasteiger partial charge in [0.2, 0.25) is 11.7 Å². The van der Waals surface area contributed by atoms with Crippen LogP contribution in [-0.2, 0) is 11.2 Å². The summed E-state index contributed by atoms with van der Waals surface area (Å²) < 4.78 is 10.6. The summed E-state index contributed by atoms with van der Waals surface area (Å²) in [7, 11) is 1.68. The third-order valence-corrected chi connectivity index (χ3v) is 3.35. The van der Waals surface area contributed by atoms with Crippen LogP contribution in [0, 0.1) is 5.92 Å². The van der Waals surface area contributed by atoms with E-state index in [-0.39, 0.29) is 6.10 Å². The Morgan fingerprint density at radius 2 is 2.24 bits per heavy atom. The fourth-order valence-corrected chi connectivity index (χ4v) is 2.27. The van der Waals surface area contributed by atoms with E-state index < -0.39 is 0 Å². The lowest BCUT2D eigenvalue weighted by atomic mass is 9.95. The van der Waals surface area contributed by atoms with Crippen molar-refractivity contribution in [1.29, 1.82) is 0 Å². The fraction of sp³-hybridized carbons (Fsp3) is 0.833. The Bertz CT molecular complexity index is 330. The Morgan fingerprint density at radius 1 is 1.47 bits per heavy atom. The van der Waals surface area contributed by atoms with Crippen molar-refractivity contribution in [3.05, 3.63) is 11.7 Å². The summed E-state index contributed by atoms with van der Waals surface area (Å²) in [5.74, 6) is 2.11. The minimum atomic E-state index is -0.0412. The van der Waals surface area contributed by atoms with Gasteiger partial charge in [-0.3, -0.25) is 0 Å². The number of methoxy groups -OCH3 is 1. The normalized spacial score (nSPS) is 19.4. The second-order valence-corrected chi connectivity index (χ2v) is 4.58. The standard InChI is InChI=1S/C12H21N3O2/c1-3-10(16-2)12-14-11(17-15-12)8-9-4-6-13-7-5-9/h9-10,13H,3-8H2,1-2H3. The molecule has 0 saturated carbocycles. The molecular formula is C12H21N3O2. The molecule has 2 heterocycles. The van der Waals surface area contributed by atoms with Gasteiger partial charge >= 0.3 is 0 Å². The maximum atomic E-state index is 5.29. The molecule has 1 unspecified atom stereocenters. The molecule has 96 valence electrons. The zero-order valence-corrected chi connectivity index (χ0v) is 10.6. The van der Waals surface area contributed by atoms with E-state index in [1.807, 2.05) is 0 Å². The molecule has 5 nitrogen and oxygen atoms in total. The summed E-state index contributed by atoms with van der Waals surface area (Å²) in [6, 6.07) is 0. The minimum Gasteiger partial charge on any atom is -0.373 e. The zero-order chi connectivity index (χ0) is 12.1. The summed E-state index contributed by atoms with van der Waals surface area (Å²) in [5.41, 5.74) is 0. The number of nitrogens with zero attached hydrogens (tertiary/aromatic N) is 2. The van der Waals surface area contributed by atoms with E-state index in [1.165, 1.54) is 12.8 Å². The van der Waals surface area contributed by atoms with Crippen LogP contribution >= 0.6 is 0 Å². The third kappa shape index (κ3) is 3.26. The van der Waals surface area contributed by atoms with Crippen molar-refractivity contribution in [3.8, 4) is 0 Å². The van der Waals surface area contributed by atoms with E-state index in [4.69, 9.17) is 9.26 Å². The maximum absolute atomic E-state index is 5.29. The third-order valence-electron chi connectivity index (χ3n) is 3.35. The molecule has 0 radical (unpaired) electrons. The van der Waals surface area contributed by atoms with Gasteiger partial charge in [0.15, 0.2) is 0 Å². The molecule has 0 aromatic carbocycles. The first-order valence-corrected chi connectivity index (χ1v) is 6.39. The highest BCUT2D eigenvalue weighted by atomic mass is 16.5. The average molecular weight is 239 g/mol. The monoisotopic (exact) mass is 239 g/mol. The molecule has 1 aromatic rings. The smallest absolute Gasteiger partial charge is 0.227 e. The van der Waals surface area contributed by atoms with Crippen molar-refractivity contribution >= 4 is 0 Å². The van der Waals surface area contributed by atoms with Crippen molar-refractivity contribution in [2.45, 2.75) is 38.7 Å². The molecule has 1 saturated heterocycles. The summed E-state index contributed by atoms with van der Waals surface area (Å²) in [6.07, 6.45) is 4.11. The van der Waals surface area contributed by atoms with E-state index in [0.717, 1.165) is 31.8 Å². The van der Waals surface area contributed by atoms with Gasteiger partial charge in [-0.05, 0) is 38.3 Å². The summed E-state index contributed by atoms with van der Waals surface area (Å²) in [6.45, 7) is 4.25. The molecule has 1 aromatic heterocycles. The fourth-order valence-electron chi connectivity index (χ4n) is 2.27. The number of ether oxygens (including phenoxy) is 1. The number of aromatic nitrogens is 2. The van der Waals surface area contributed by atoms with Gasteiger partial charge in [0.05, 0.1) is 0 Å². The van der Waals surface area contributed by atoms with Gasteiger partial charge in [-0.2, -0.15) is 4.98 Å². The van der Waals surface area contributed by atoms with Crippen LogP contribution in [-0.4, -0.2) is 30.3 Å². The van der Waals surface area contributed by atoms with Crippen LogP contribution in [0.4, 0.5) is 0 Å². The van der Waals surface area contributed by atoms with Crippen LogP contribution in [0.3, 0.4) is 0 Å². The first-order chi connectivity index (χ1) is 8.33. The molecule has 0 spiro atoms. The molecule has 5 heteroatoms. The van der Waals surface area contributed by atoms with Crippen molar-refractivity contribution in [1.82, 2.24) is 15.5 Å². The highest BCUT2D eigenvalue weighted by Crippen LogP contribution is 2.20. The molecule has 2 rings (SSSR count). The lowest BCUT2D eigenvalue weighted by Crippen LogP contribution is -2.28. The molecule has 17 heavy (non-hydrogen) atoms. The van der Waals surface area contributed by atoms with Crippen LogP contribution in [0.1, 0.15) is 44.0 Å². The maximum Gasteiger partial charge on any atom is 0.227 e. The Balaban J connectivity index is 1.93. The molecule has 1 N–H and O–H groups in total. The van der Waals surface area contributed by atoms with E-state index >= 15 is 0 Å². The van der Waals surface area contributed by atoms with Crippen molar-refractivity contribution in [2.24, 2.45) is 5.92 Å². The van der Waals surface area contributed by atoms with Crippen molar-refractivity contribution in [3.63, 3.8) is 0 Å². The Kier molecular flexibility index (Phi) is 4.50. The molecular weight excluding hydrogens is 218 g/mol. The molecule has 0 aliphatic carbocycles. The number of hydrogen-bond donors (Lipinski definition) is 1. The van der Waals surface area contributed by atoms with Crippen molar-refractivity contribution in [2.75, 3.05) is 20.2 Å². The minimum absolute atomic E-state index is 0.0412. The predicted octanol–water partition coefficient (Wildman–Crippen LogP) is 1.71. The van der Waals surface area contributed by atoms with Crippen LogP contribution in [0.15, 0.2) is 4.52 Å². The number of rotatable bonds is 5. The Labute approximate surface area is 102 Å². The second-order valence-electron chi connectivity index (χ2n) is 4.58. The highest BCUT2D eigenvalue weighted by Gasteiger charge is 2.20. The van der Waals surface area contributed by atoms with E-state index in [2.05, 4.69) is 22.4 Å². The van der Waals surface area contributed by atoms with E-state index in [1.54, 1.807) is 7.11 Å². The molecule has 1 atom stereocenters. The first-order valence-electron chi connectivity index (χ1n) is 6.39. The van der Waals surface area contributed by atoms with Crippen LogP contribution in [0.2, 0.25) is 0 Å². The molecule has 0 bridgehead atoms. The number of nitrogens with one attached hydrogen (secondary N) is 1. The van der Waals surface area contributed by atoms with Gasteiger partial charge in [-0.25, -0.2) is 0 Å².